The summed E-state index contributed by atoms with van der Waals surface area (Å²) in [5.41, 5.74) is 2.69. The third-order valence-electron chi connectivity index (χ3n) is 3.41. The van der Waals surface area contributed by atoms with E-state index in [9.17, 15) is 0 Å². The molecule has 0 saturated heterocycles. The Bertz CT molecular complexity index is 569. The molecule has 114 valence electrons. The van der Waals surface area contributed by atoms with E-state index in [0.29, 0.717) is 18.5 Å². The Morgan fingerprint density at radius 1 is 1.14 bits per heavy atom. The molecule has 0 fully saturated rings. The van der Waals surface area contributed by atoms with Crippen LogP contribution in [0.2, 0.25) is 0 Å². The highest BCUT2D eigenvalue weighted by Gasteiger charge is 2.15. The Labute approximate surface area is 126 Å². The molecule has 0 bridgehead atoms. The first-order chi connectivity index (χ1) is 9.90. The van der Waals surface area contributed by atoms with Gasteiger partial charge in [-0.15, -0.1) is 5.10 Å². The zero-order valence-corrected chi connectivity index (χ0v) is 13.4. The maximum atomic E-state index is 5.50. The van der Waals surface area contributed by atoms with Gasteiger partial charge in [-0.3, -0.25) is 0 Å². The van der Waals surface area contributed by atoms with Crippen LogP contribution in [0.4, 0.5) is 6.01 Å². The highest BCUT2D eigenvalue weighted by molar-refractivity contribution is 5.33. The van der Waals surface area contributed by atoms with Gasteiger partial charge in [-0.2, -0.15) is 0 Å². The van der Waals surface area contributed by atoms with Crippen molar-refractivity contribution in [3.05, 3.63) is 41.3 Å². The lowest BCUT2D eigenvalue weighted by atomic mass is 9.86. The molecule has 0 radical (unpaired) electrons. The smallest absolute Gasteiger partial charge is 0.315 e. The van der Waals surface area contributed by atoms with Gasteiger partial charge in [-0.05, 0) is 30.5 Å². The fourth-order valence-electron chi connectivity index (χ4n) is 2.07. The second-order valence-corrected chi connectivity index (χ2v) is 6.27. The van der Waals surface area contributed by atoms with Gasteiger partial charge in [0, 0.05) is 0 Å². The molecule has 1 unspecified atom stereocenters. The molecule has 1 aromatic carbocycles. The largest absolute Gasteiger partial charge is 0.407 e. The van der Waals surface area contributed by atoms with Gasteiger partial charge in [-0.1, -0.05) is 50.1 Å². The summed E-state index contributed by atoms with van der Waals surface area (Å²) in [7, 11) is 1.84. The van der Waals surface area contributed by atoms with Crippen molar-refractivity contribution in [2.24, 2.45) is 0 Å². The van der Waals surface area contributed by atoms with Crippen molar-refractivity contribution < 1.29 is 4.42 Å². The number of aromatic nitrogens is 2. The predicted molar refractivity (Wildman–Crippen MR) is 84.2 cm³/mol. The molecule has 2 aromatic rings. The highest BCUT2D eigenvalue weighted by Crippen LogP contribution is 2.25. The van der Waals surface area contributed by atoms with Crippen LogP contribution < -0.4 is 10.6 Å². The van der Waals surface area contributed by atoms with Gasteiger partial charge < -0.3 is 15.1 Å². The van der Waals surface area contributed by atoms with Crippen LogP contribution in [-0.4, -0.2) is 17.2 Å². The van der Waals surface area contributed by atoms with Gasteiger partial charge in [0.2, 0.25) is 5.89 Å². The van der Waals surface area contributed by atoms with Crippen molar-refractivity contribution in [3.8, 4) is 0 Å². The van der Waals surface area contributed by atoms with Crippen molar-refractivity contribution >= 4 is 6.01 Å². The van der Waals surface area contributed by atoms with Gasteiger partial charge in [0.1, 0.15) is 0 Å². The van der Waals surface area contributed by atoms with Gasteiger partial charge in [-0.25, -0.2) is 0 Å². The number of anilines is 1. The van der Waals surface area contributed by atoms with E-state index in [2.05, 4.69) is 72.8 Å². The van der Waals surface area contributed by atoms with Crippen molar-refractivity contribution in [1.82, 2.24) is 15.5 Å². The first-order valence-corrected chi connectivity index (χ1v) is 7.24. The molecule has 5 heteroatoms. The summed E-state index contributed by atoms with van der Waals surface area (Å²) in [5, 5.41) is 14.2. The lowest BCUT2D eigenvalue weighted by molar-refractivity contribution is 0.486. The van der Waals surface area contributed by atoms with Crippen molar-refractivity contribution in [2.45, 2.75) is 45.7 Å². The molecule has 21 heavy (non-hydrogen) atoms. The molecule has 2 N–H and O–H groups in total. The summed E-state index contributed by atoms with van der Waals surface area (Å²) in [5.74, 6) is 0.579. The van der Waals surface area contributed by atoms with Crippen molar-refractivity contribution in [2.75, 3.05) is 12.4 Å². The second-order valence-electron chi connectivity index (χ2n) is 6.27. The van der Waals surface area contributed by atoms with Crippen LogP contribution in [0.15, 0.2) is 28.7 Å². The predicted octanol–water partition coefficient (Wildman–Crippen LogP) is 3.26. The third kappa shape index (κ3) is 4.04. The average molecular weight is 288 g/mol. The molecule has 1 heterocycles. The molecular weight excluding hydrogens is 264 g/mol. The van der Waals surface area contributed by atoms with Crippen LogP contribution in [0.5, 0.6) is 0 Å². The quantitative estimate of drug-likeness (QED) is 0.884. The minimum Gasteiger partial charge on any atom is -0.407 e. The average Bonchev–Trinajstić information content (AvgIpc) is 2.86. The van der Waals surface area contributed by atoms with Crippen molar-refractivity contribution in [1.29, 1.82) is 0 Å². The molecule has 1 atom stereocenters. The molecule has 0 aliphatic rings. The summed E-state index contributed by atoms with van der Waals surface area (Å²) in [4.78, 5) is 0. The van der Waals surface area contributed by atoms with Gasteiger partial charge >= 0.3 is 6.01 Å². The second kappa shape index (κ2) is 6.26. The topological polar surface area (TPSA) is 63.0 Å². The standard InChI is InChI=1S/C16H24N4O/c1-11(18-15-20-19-14(21-15)10-17-5)12-6-8-13(9-7-12)16(2,3)4/h6-9,11,17H,10H2,1-5H3,(H,18,20). The lowest BCUT2D eigenvalue weighted by Crippen LogP contribution is -2.12. The van der Waals surface area contributed by atoms with E-state index >= 15 is 0 Å². The molecular formula is C16H24N4O. The summed E-state index contributed by atoms with van der Waals surface area (Å²) in [6, 6.07) is 9.20. The fourth-order valence-corrected chi connectivity index (χ4v) is 2.07. The van der Waals surface area contributed by atoms with Crippen LogP contribution in [0.1, 0.15) is 50.8 Å². The summed E-state index contributed by atoms with van der Waals surface area (Å²) in [6.45, 7) is 9.29. The zero-order chi connectivity index (χ0) is 15.5. The number of nitrogens with zero attached hydrogens (tertiary/aromatic N) is 2. The zero-order valence-electron chi connectivity index (χ0n) is 13.4. The van der Waals surface area contributed by atoms with E-state index in [4.69, 9.17) is 4.42 Å². The first kappa shape index (κ1) is 15.5. The highest BCUT2D eigenvalue weighted by atomic mass is 16.4. The summed E-state index contributed by atoms with van der Waals surface area (Å²) in [6.07, 6.45) is 0. The number of benzene rings is 1. The molecule has 2 rings (SSSR count). The normalized spacial score (nSPS) is 13.2. The van der Waals surface area contributed by atoms with Crippen molar-refractivity contribution in [3.63, 3.8) is 0 Å². The number of rotatable bonds is 5. The third-order valence-corrected chi connectivity index (χ3v) is 3.41. The number of hydrogen-bond donors (Lipinski definition) is 2. The molecule has 0 amide bonds. The van der Waals surface area contributed by atoms with Crippen LogP contribution in [0.25, 0.3) is 0 Å². The fraction of sp³-hybridized carbons (Fsp3) is 0.500. The van der Waals surface area contributed by atoms with E-state index in [1.807, 2.05) is 7.05 Å². The summed E-state index contributed by atoms with van der Waals surface area (Å²) >= 11 is 0. The van der Waals surface area contributed by atoms with Crippen LogP contribution >= 0.6 is 0 Å². The Morgan fingerprint density at radius 2 is 1.81 bits per heavy atom. The molecule has 1 aromatic heterocycles. The monoisotopic (exact) mass is 288 g/mol. The number of nitrogens with one attached hydrogen (secondary N) is 2. The Balaban J connectivity index is 2.04. The van der Waals surface area contributed by atoms with Gasteiger partial charge in [0.05, 0.1) is 12.6 Å². The van der Waals surface area contributed by atoms with Gasteiger partial charge in [0.25, 0.3) is 0 Å². The Hall–Kier alpha value is -1.88. The Morgan fingerprint density at radius 3 is 2.38 bits per heavy atom. The maximum absolute atomic E-state index is 5.50. The first-order valence-electron chi connectivity index (χ1n) is 7.24. The molecule has 0 spiro atoms. The van der Waals surface area contributed by atoms with Crippen LogP contribution in [-0.2, 0) is 12.0 Å². The Kier molecular flexibility index (Phi) is 4.63. The SMILES string of the molecule is CNCc1nnc(NC(C)c2ccc(C(C)(C)C)cc2)o1. The minimum absolute atomic E-state index is 0.113. The molecule has 0 saturated carbocycles. The van der Waals surface area contributed by atoms with E-state index < -0.39 is 0 Å². The van der Waals surface area contributed by atoms with E-state index in [0.717, 1.165) is 0 Å². The molecule has 0 aliphatic heterocycles. The van der Waals surface area contributed by atoms with E-state index in [1.54, 1.807) is 0 Å². The van der Waals surface area contributed by atoms with Crippen LogP contribution in [0, 0.1) is 0 Å². The molecule has 5 nitrogen and oxygen atoms in total. The van der Waals surface area contributed by atoms with E-state index in [-0.39, 0.29) is 11.5 Å². The summed E-state index contributed by atoms with van der Waals surface area (Å²) < 4.78 is 5.50. The van der Waals surface area contributed by atoms with Crippen LogP contribution in [0.3, 0.4) is 0 Å². The van der Waals surface area contributed by atoms with Gasteiger partial charge in [0.15, 0.2) is 0 Å². The number of hydrogen-bond acceptors (Lipinski definition) is 5. The minimum atomic E-state index is 0.113. The molecule has 0 aliphatic carbocycles. The van der Waals surface area contributed by atoms with E-state index in [1.165, 1.54) is 11.1 Å². The maximum Gasteiger partial charge on any atom is 0.315 e. The lowest BCUT2D eigenvalue weighted by Gasteiger charge is -2.20.